The lowest BCUT2D eigenvalue weighted by Gasteiger charge is -2.09. The van der Waals surface area contributed by atoms with Crippen LogP contribution in [0.1, 0.15) is 40.0 Å². The standard InChI is InChI=1S/C16H26N2O2/c1-4-11-20-15-8-5-7-14(12-15)18-16(19)9-6-10-17-13(2)3/h5,7-8,12-13,17H,4,6,9-11H2,1-3H3,(H,18,19). The molecule has 2 N–H and O–H groups in total. The van der Waals surface area contributed by atoms with Gasteiger partial charge in [-0.25, -0.2) is 0 Å². The van der Waals surface area contributed by atoms with Crippen LogP contribution in [0.3, 0.4) is 0 Å². The van der Waals surface area contributed by atoms with E-state index >= 15 is 0 Å². The number of benzene rings is 1. The summed E-state index contributed by atoms with van der Waals surface area (Å²) in [7, 11) is 0. The number of hydrogen-bond donors (Lipinski definition) is 2. The van der Waals surface area contributed by atoms with Crippen molar-refractivity contribution in [3.05, 3.63) is 24.3 Å². The summed E-state index contributed by atoms with van der Waals surface area (Å²) in [5.41, 5.74) is 0.792. The second kappa shape index (κ2) is 9.37. The molecule has 20 heavy (non-hydrogen) atoms. The third-order valence-corrected chi connectivity index (χ3v) is 2.72. The van der Waals surface area contributed by atoms with Crippen molar-refractivity contribution in [2.75, 3.05) is 18.5 Å². The van der Waals surface area contributed by atoms with Crippen molar-refractivity contribution < 1.29 is 9.53 Å². The molecule has 0 radical (unpaired) electrons. The fourth-order valence-corrected chi connectivity index (χ4v) is 1.75. The Morgan fingerprint density at radius 3 is 2.85 bits per heavy atom. The van der Waals surface area contributed by atoms with Crippen molar-refractivity contribution in [3.63, 3.8) is 0 Å². The van der Waals surface area contributed by atoms with Gasteiger partial charge in [0.05, 0.1) is 6.61 Å². The van der Waals surface area contributed by atoms with E-state index in [1.54, 1.807) is 0 Å². The van der Waals surface area contributed by atoms with Gasteiger partial charge in [0.1, 0.15) is 5.75 Å². The van der Waals surface area contributed by atoms with Crippen LogP contribution in [0.25, 0.3) is 0 Å². The van der Waals surface area contributed by atoms with Crippen LogP contribution in [-0.4, -0.2) is 25.1 Å². The van der Waals surface area contributed by atoms with Crippen molar-refractivity contribution in [1.82, 2.24) is 5.32 Å². The van der Waals surface area contributed by atoms with Gasteiger partial charge in [0.25, 0.3) is 0 Å². The van der Waals surface area contributed by atoms with Gasteiger partial charge >= 0.3 is 0 Å². The number of amides is 1. The smallest absolute Gasteiger partial charge is 0.224 e. The molecular formula is C16H26N2O2. The Balaban J connectivity index is 2.33. The zero-order chi connectivity index (χ0) is 14.8. The van der Waals surface area contributed by atoms with E-state index in [1.807, 2.05) is 24.3 Å². The Bertz CT molecular complexity index is 405. The first-order chi connectivity index (χ1) is 9.61. The number of nitrogens with one attached hydrogen (secondary N) is 2. The Morgan fingerprint density at radius 1 is 1.35 bits per heavy atom. The molecule has 0 atom stereocenters. The van der Waals surface area contributed by atoms with Crippen LogP contribution >= 0.6 is 0 Å². The summed E-state index contributed by atoms with van der Waals surface area (Å²) >= 11 is 0. The molecule has 0 saturated heterocycles. The maximum absolute atomic E-state index is 11.8. The van der Waals surface area contributed by atoms with Gasteiger partial charge in [-0.1, -0.05) is 26.8 Å². The molecule has 0 saturated carbocycles. The minimum absolute atomic E-state index is 0.0446. The molecule has 0 unspecified atom stereocenters. The Morgan fingerprint density at radius 2 is 2.15 bits per heavy atom. The average molecular weight is 278 g/mol. The predicted molar refractivity (Wildman–Crippen MR) is 83.2 cm³/mol. The number of hydrogen-bond acceptors (Lipinski definition) is 3. The first-order valence-corrected chi connectivity index (χ1v) is 7.38. The van der Waals surface area contributed by atoms with E-state index in [9.17, 15) is 4.79 Å². The molecule has 0 aliphatic heterocycles. The lowest BCUT2D eigenvalue weighted by atomic mass is 10.2. The molecule has 4 nitrogen and oxygen atoms in total. The molecule has 1 aromatic carbocycles. The molecule has 1 rings (SSSR count). The van der Waals surface area contributed by atoms with Crippen molar-refractivity contribution in [3.8, 4) is 5.75 Å². The highest BCUT2D eigenvalue weighted by molar-refractivity contribution is 5.90. The maximum atomic E-state index is 11.8. The molecule has 0 aromatic heterocycles. The molecular weight excluding hydrogens is 252 g/mol. The Hall–Kier alpha value is -1.55. The molecule has 0 heterocycles. The fraction of sp³-hybridized carbons (Fsp3) is 0.562. The molecule has 0 fully saturated rings. The van der Waals surface area contributed by atoms with Gasteiger partial charge in [-0.2, -0.15) is 0 Å². The van der Waals surface area contributed by atoms with Crippen LogP contribution in [0.2, 0.25) is 0 Å². The fourth-order valence-electron chi connectivity index (χ4n) is 1.75. The second-order valence-corrected chi connectivity index (χ2v) is 5.14. The third-order valence-electron chi connectivity index (χ3n) is 2.72. The molecule has 0 bridgehead atoms. The highest BCUT2D eigenvalue weighted by Crippen LogP contribution is 2.17. The summed E-state index contributed by atoms with van der Waals surface area (Å²) < 4.78 is 5.54. The number of ether oxygens (including phenoxy) is 1. The van der Waals surface area contributed by atoms with E-state index in [-0.39, 0.29) is 5.91 Å². The van der Waals surface area contributed by atoms with Gasteiger partial charge in [-0.15, -0.1) is 0 Å². The van der Waals surface area contributed by atoms with Gasteiger partial charge < -0.3 is 15.4 Å². The van der Waals surface area contributed by atoms with Crippen molar-refractivity contribution in [2.45, 2.75) is 46.1 Å². The molecule has 0 spiro atoms. The predicted octanol–water partition coefficient (Wildman–Crippen LogP) is 3.19. The SMILES string of the molecule is CCCOc1cccc(NC(=O)CCCNC(C)C)c1. The first kappa shape index (κ1) is 16.5. The minimum atomic E-state index is 0.0446. The van der Waals surface area contributed by atoms with E-state index in [0.29, 0.717) is 19.1 Å². The normalized spacial score (nSPS) is 10.6. The summed E-state index contributed by atoms with van der Waals surface area (Å²) in [6.07, 6.45) is 2.34. The zero-order valence-corrected chi connectivity index (χ0v) is 12.7. The number of rotatable bonds is 9. The van der Waals surface area contributed by atoms with Gasteiger partial charge in [-0.05, 0) is 31.5 Å². The van der Waals surface area contributed by atoms with E-state index in [1.165, 1.54) is 0 Å². The van der Waals surface area contributed by atoms with E-state index < -0.39 is 0 Å². The minimum Gasteiger partial charge on any atom is -0.494 e. The van der Waals surface area contributed by atoms with Crippen molar-refractivity contribution >= 4 is 11.6 Å². The second-order valence-electron chi connectivity index (χ2n) is 5.14. The highest BCUT2D eigenvalue weighted by atomic mass is 16.5. The average Bonchev–Trinajstić information content (AvgIpc) is 2.41. The van der Waals surface area contributed by atoms with E-state index in [2.05, 4.69) is 31.4 Å². The molecule has 4 heteroatoms. The molecule has 1 aromatic rings. The van der Waals surface area contributed by atoms with E-state index in [0.717, 1.165) is 30.8 Å². The lowest BCUT2D eigenvalue weighted by molar-refractivity contribution is -0.116. The lowest BCUT2D eigenvalue weighted by Crippen LogP contribution is -2.24. The van der Waals surface area contributed by atoms with Crippen LogP contribution in [0.15, 0.2) is 24.3 Å². The van der Waals surface area contributed by atoms with Gasteiger partial charge in [0, 0.05) is 24.2 Å². The number of carbonyl (C=O) groups is 1. The number of anilines is 1. The summed E-state index contributed by atoms with van der Waals surface area (Å²) in [6, 6.07) is 7.99. The summed E-state index contributed by atoms with van der Waals surface area (Å²) in [5, 5.41) is 6.20. The zero-order valence-electron chi connectivity index (χ0n) is 12.7. The van der Waals surface area contributed by atoms with Crippen molar-refractivity contribution in [1.29, 1.82) is 0 Å². The van der Waals surface area contributed by atoms with Crippen LogP contribution in [0.5, 0.6) is 5.75 Å². The largest absolute Gasteiger partial charge is 0.494 e. The Labute approximate surface area is 121 Å². The third kappa shape index (κ3) is 7.14. The first-order valence-electron chi connectivity index (χ1n) is 7.38. The van der Waals surface area contributed by atoms with Crippen LogP contribution in [-0.2, 0) is 4.79 Å². The van der Waals surface area contributed by atoms with Gasteiger partial charge in [0.15, 0.2) is 0 Å². The maximum Gasteiger partial charge on any atom is 0.224 e. The molecule has 112 valence electrons. The summed E-state index contributed by atoms with van der Waals surface area (Å²) in [6.45, 7) is 7.82. The topological polar surface area (TPSA) is 50.4 Å². The van der Waals surface area contributed by atoms with Crippen LogP contribution in [0, 0.1) is 0 Å². The Kier molecular flexibility index (Phi) is 7.73. The summed E-state index contributed by atoms with van der Waals surface area (Å²) in [4.78, 5) is 11.8. The van der Waals surface area contributed by atoms with Gasteiger partial charge in [0.2, 0.25) is 5.91 Å². The molecule has 0 aliphatic carbocycles. The van der Waals surface area contributed by atoms with Crippen molar-refractivity contribution in [2.24, 2.45) is 0 Å². The number of carbonyl (C=O) groups excluding carboxylic acids is 1. The monoisotopic (exact) mass is 278 g/mol. The van der Waals surface area contributed by atoms with E-state index in [4.69, 9.17) is 4.74 Å². The molecule has 1 amide bonds. The summed E-state index contributed by atoms with van der Waals surface area (Å²) in [5.74, 6) is 0.842. The van der Waals surface area contributed by atoms with Crippen LogP contribution < -0.4 is 15.4 Å². The highest BCUT2D eigenvalue weighted by Gasteiger charge is 2.03. The quantitative estimate of drug-likeness (QED) is 0.682. The van der Waals surface area contributed by atoms with Crippen LogP contribution in [0.4, 0.5) is 5.69 Å². The molecule has 0 aliphatic rings. The van der Waals surface area contributed by atoms with Gasteiger partial charge in [-0.3, -0.25) is 4.79 Å².